The van der Waals surface area contributed by atoms with Gasteiger partial charge < -0.3 is 10.6 Å². The van der Waals surface area contributed by atoms with Gasteiger partial charge in [-0.15, -0.1) is 0 Å². The van der Waals surface area contributed by atoms with Crippen LogP contribution in [-0.2, 0) is 4.79 Å². The van der Waals surface area contributed by atoms with Gasteiger partial charge in [-0.25, -0.2) is 9.97 Å². The Labute approximate surface area is 93.3 Å². The first-order chi connectivity index (χ1) is 7.22. The van der Waals surface area contributed by atoms with Gasteiger partial charge in [-0.2, -0.15) is 0 Å². The van der Waals surface area contributed by atoms with Crippen LogP contribution in [0, 0.1) is 0 Å². The van der Waals surface area contributed by atoms with Crippen LogP contribution in [0.4, 0.5) is 5.82 Å². The van der Waals surface area contributed by atoms with Gasteiger partial charge in [0.1, 0.15) is 17.3 Å². The maximum atomic E-state index is 11.3. The number of hydrogen-bond donors (Lipinski definition) is 2. The summed E-state index contributed by atoms with van der Waals surface area (Å²) in [5.74, 6) is 0.275. The van der Waals surface area contributed by atoms with E-state index < -0.39 is 0 Å². The molecule has 1 heterocycles. The lowest BCUT2D eigenvalue weighted by atomic mass is 10.4. The Bertz CT molecular complexity index is 332. The molecular weight excluding hydrogens is 216 g/mol. The maximum absolute atomic E-state index is 11.3. The Hall–Kier alpha value is -1.20. The molecular formula is C9H13ClN4O. The molecule has 6 heteroatoms. The maximum Gasteiger partial charge on any atom is 0.239 e. The number of hydrogen-bond acceptors (Lipinski definition) is 4. The molecule has 0 fully saturated rings. The lowest BCUT2D eigenvalue weighted by molar-refractivity contribution is -0.115. The quantitative estimate of drug-likeness (QED) is 0.585. The molecule has 1 aromatic rings. The van der Waals surface area contributed by atoms with E-state index in [9.17, 15) is 4.79 Å². The van der Waals surface area contributed by atoms with E-state index in [0.717, 1.165) is 13.0 Å². The number of rotatable bonds is 5. The summed E-state index contributed by atoms with van der Waals surface area (Å²) >= 11 is 5.64. The molecule has 5 nitrogen and oxygen atoms in total. The number of nitrogens with zero attached hydrogens (tertiary/aromatic N) is 2. The zero-order valence-electron chi connectivity index (χ0n) is 8.46. The van der Waals surface area contributed by atoms with Crippen molar-refractivity contribution in [2.24, 2.45) is 0 Å². The molecule has 0 unspecified atom stereocenters. The fourth-order valence-electron chi connectivity index (χ4n) is 0.968. The third-order valence-electron chi connectivity index (χ3n) is 1.61. The second-order valence-corrected chi connectivity index (χ2v) is 3.34. The number of carbonyl (C=O) groups is 1. The predicted octanol–water partition coefficient (Wildman–Crippen LogP) is 1.07. The van der Waals surface area contributed by atoms with Crippen molar-refractivity contribution in [2.45, 2.75) is 13.3 Å². The largest absolute Gasteiger partial charge is 0.309 e. The smallest absolute Gasteiger partial charge is 0.239 e. The minimum atomic E-state index is -0.141. The Kier molecular flexibility index (Phi) is 5.00. The van der Waals surface area contributed by atoms with Crippen molar-refractivity contribution in [3.63, 3.8) is 0 Å². The molecule has 0 aliphatic rings. The highest BCUT2D eigenvalue weighted by atomic mass is 35.5. The van der Waals surface area contributed by atoms with E-state index in [2.05, 4.69) is 20.6 Å². The second-order valence-electron chi connectivity index (χ2n) is 2.95. The first kappa shape index (κ1) is 11.9. The minimum Gasteiger partial charge on any atom is -0.309 e. The molecule has 15 heavy (non-hydrogen) atoms. The Morgan fingerprint density at radius 3 is 3.00 bits per heavy atom. The number of halogens is 1. The van der Waals surface area contributed by atoms with Crippen molar-refractivity contribution in [2.75, 3.05) is 18.4 Å². The van der Waals surface area contributed by atoms with Gasteiger partial charge in [-0.05, 0) is 13.0 Å². The van der Waals surface area contributed by atoms with Gasteiger partial charge >= 0.3 is 0 Å². The summed E-state index contributed by atoms with van der Waals surface area (Å²) in [4.78, 5) is 18.9. The Morgan fingerprint density at radius 1 is 1.53 bits per heavy atom. The van der Waals surface area contributed by atoms with E-state index in [4.69, 9.17) is 11.6 Å². The fraction of sp³-hybridized carbons (Fsp3) is 0.444. The summed E-state index contributed by atoms with van der Waals surface area (Å²) in [7, 11) is 0. The highest BCUT2D eigenvalue weighted by Crippen LogP contribution is 2.07. The van der Waals surface area contributed by atoms with Gasteiger partial charge in [0.2, 0.25) is 5.91 Å². The molecule has 0 aliphatic carbocycles. The average molecular weight is 229 g/mol. The average Bonchev–Trinajstić information content (AvgIpc) is 2.18. The number of aromatic nitrogens is 2. The van der Waals surface area contributed by atoms with E-state index in [1.807, 2.05) is 6.92 Å². The van der Waals surface area contributed by atoms with Gasteiger partial charge in [0, 0.05) is 6.07 Å². The zero-order valence-corrected chi connectivity index (χ0v) is 9.21. The Balaban J connectivity index is 2.37. The third kappa shape index (κ3) is 4.71. The van der Waals surface area contributed by atoms with Crippen LogP contribution in [0.2, 0.25) is 5.15 Å². The summed E-state index contributed by atoms with van der Waals surface area (Å²) in [6, 6.07) is 1.50. The molecule has 0 radical (unpaired) electrons. The molecule has 0 aliphatic heterocycles. The van der Waals surface area contributed by atoms with Crippen LogP contribution in [0.3, 0.4) is 0 Å². The highest BCUT2D eigenvalue weighted by molar-refractivity contribution is 6.29. The summed E-state index contributed by atoms with van der Waals surface area (Å²) < 4.78 is 0. The van der Waals surface area contributed by atoms with Crippen molar-refractivity contribution >= 4 is 23.3 Å². The molecule has 1 rings (SSSR count). The highest BCUT2D eigenvalue weighted by Gasteiger charge is 2.02. The number of anilines is 1. The predicted molar refractivity (Wildman–Crippen MR) is 58.8 cm³/mol. The molecule has 2 N–H and O–H groups in total. The molecule has 0 atom stereocenters. The second kappa shape index (κ2) is 6.31. The van der Waals surface area contributed by atoms with Crippen LogP contribution < -0.4 is 10.6 Å². The van der Waals surface area contributed by atoms with Crippen molar-refractivity contribution in [1.29, 1.82) is 0 Å². The monoisotopic (exact) mass is 228 g/mol. The van der Waals surface area contributed by atoms with Crippen LogP contribution >= 0.6 is 11.6 Å². The van der Waals surface area contributed by atoms with Crippen molar-refractivity contribution < 1.29 is 4.79 Å². The van der Waals surface area contributed by atoms with E-state index >= 15 is 0 Å². The standard InChI is InChI=1S/C9H13ClN4O/c1-2-3-11-5-9(15)14-8-4-7(10)12-6-13-8/h4,6,11H,2-3,5H2,1H3,(H,12,13,14,15). The number of nitrogens with one attached hydrogen (secondary N) is 2. The van der Waals surface area contributed by atoms with Gasteiger partial charge in [-0.1, -0.05) is 18.5 Å². The van der Waals surface area contributed by atoms with E-state index in [-0.39, 0.29) is 12.5 Å². The molecule has 0 saturated heterocycles. The molecule has 1 aromatic heterocycles. The molecule has 0 saturated carbocycles. The fourth-order valence-corrected chi connectivity index (χ4v) is 1.11. The lowest BCUT2D eigenvalue weighted by Gasteiger charge is -2.04. The SMILES string of the molecule is CCCNCC(=O)Nc1cc(Cl)ncn1. The normalized spacial score (nSPS) is 10.0. The zero-order chi connectivity index (χ0) is 11.1. The third-order valence-corrected chi connectivity index (χ3v) is 1.82. The molecule has 0 bridgehead atoms. The van der Waals surface area contributed by atoms with Crippen LogP contribution in [0.25, 0.3) is 0 Å². The van der Waals surface area contributed by atoms with Crippen LogP contribution in [0.15, 0.2) is 12.4 Å². The van der Waals surface area contributed by atoms with E-state index in [1.54, 1.807) is 0 Å². The summed E-state index contributed by atoms with van der Waals surface area (Å²) in [6.45, 7) is 3.13. The first-order valence-corrected chi connectivity index (χ1v) is 5.08. The lowest BCUT2D eigenvalue weighted by Crippen LogP contribution is -2.28. The van der Waals surface area contributed by atoms with Gasteiger partial charge in [-0.3, -0.25) is 4.79 Å². The van der Waals surface area contributed by atoms with Gasteiger partial charge in [0.25, 0.3) is 0 Å². The van der Waals surface area contributed by atoms with Crippen molar-refractivity contribution in [3.05, 3.63) is 17.5 Å². The topological polar surface area (TPSA) is 66.9 Å². The first-order valence-electron chi connectivity index (χ1n) is 4.70. The molecule has 0 spiro atoms. The van der Waals surface area contributed by atoms with Gasteiger partial charge in [0.05, 0.1) is 6.54 Å². The summed E-state index contributed by atoms with van der Waals surface area (Å²) in [6.07, 6.45) is 2.30. The Morgan fingerprint density at radius 2 is 2.33 bits per heavy atom. The molecule has 82 valence electrons. The minimum absolute atomic E-state index is 0.141. The van der Waals surface area contributed by atoms with Crippen LogP contribution in [0.1, 0.15) is 13.3 Å². The molecule has 1 amide bonds. The van der Waals surface area contributed by atoms with E-state index in [1.165, 1.54) is 12.4 Å². The van der Waals surface area contributed by atoms with Crippen LogP contribution in [0.5, 0.6) is 0 Å². The van der Waals surface area contributed by atoms with E-state index in [0.29, 0.717) is 11.0 Å². The van der Waals surface area contributed by atoms with Crippen molar-refractivity contribution in [3.8, 4) is 0 Å². The van der Waals surface area contributed by atoms with Crippen LogP contribution in [-0.4, -0.2) is 29.0 Å². The van der Waals surface area contributed by atoms with Gasteiger partial charge in [0.15, 0.2) is 0 Å². The number of carbonyl (C=O) groups excluding carboxylic acids is 1. The molecule has 0 aromatic carbocycles. The summed E-state index contributed by atoms with van der Waals surface area (Å²) in [5.41, 5.74) is 0. The number of amides is 1. The summed E-state index contributed by atoms with van der Waals surface area (Å²) in [5, 5.41) is 5.89. The van der Waals surface area contributed by atoms with Crippen molar-refractivity contribution in [1.82, 2.24) is 15.3 Å².